The van der Waals surface area contributed by atoms with E-state index in [1.165, 1.54) is 11.3 Å². The number of benzene rings is 2. The van der Waals surface area contributed by atoms with Crippen LogP contribution in [0.1, 0.15) is 18.4 Å². The minimum Gasteiger partial charge on any atom is -0.508 e. The van der Waals surface area contributed by atoms with Gasteiger partial charge in [-0.25, -0.2) is 0 Å². The highest BCUT2D eigenvalue weighted by molar-refractivity contribution is 5.67. The lowest BCUT2D eigenvalue weighted by Crippen LogP contribution is -2.19. The number of hydrogen-bond donors (Lipinski definition) is 1. The Morgan fingerprint density at radius 2 is 1.91 bits per heavy atom. The third-order valence-corrected chi connectivity index (χ3v) is 3.97. The molecule has 23 heavy (non-hydrogen) atoms. The topological polar surface area (TPSA) is 48.2 Å². The molecular formula is C19H19N3O. The number of phenols is 1. The van der Waals surface area contributed by atoms with E-state index in [2.05, 4.69) is 46.8 Å². The Morgan fingerprint density at radius 1 is 1.17 bits per heavy atom. The Bertz CT molecular complexity index is 762. The molecule has 2 aromatic rings. The molecule has 2 aromatic carbocycles. The van der Waals surface area contributed by atoms with Crippen LogP contribution in [0.25, 0.3) is 0 Å². The van der Waals surface area contributed by atoms with Crippen molar-refractivity contribution in [3.05, 3.63) is 78.6 Å². The van der Waals surface area contributed by atoms with Crippen molar-refractivity contribution in [3.8, 4) is 5.75 Å². The van der Waals surface area contributed by atoms with Crippen molar-refractivity contribution >= 4 is 11.4 Å². The maximum atomic E-state index is 9.28. The van der Waals surface area contributed by atoms with Crippen molar-refractivity contribution in [1.82, 2.24) is 0 Å². The summed E-state index contributed by atoms with van der Waals surface area (Å²) in [5.74, 6) is 0.490. The Morgan fingerprint density at radius 3 is 2.65 bits per heavy atom. The maximum Gasteiger partial charge on any atom is 0.115 e. The molecule has 1 aliphatic heterocycles. The van der Waals surface area contributed by atoms with Gasteiger partial charge in [0.15, 0.2) is 0 Å². The van der Waals surface area contributed by atoms with Crippen LogP contribution >= 0.6 is 0 Å². The van der Waals surface area contributed by atoms with Gasteiger partial charge >= 0.3 is 0 Å². The van der Waals surface area contributed by atoms with Gasteiger partial charge in [-0.15, -0.1) is 6.58 Å². The second-order valence-electron chi connectivity index (χ2n) is 5.47. The standard InChI is InChI=1S/C19H19N3O/c1-3-12-22-18-7-5-4-6-17(18)14(2)19(22)13-20-21-15-8-10-16(23)11-9-15/h3-11,13-14,23H,1,12H2,2H3/b19-13+,21-20?. The highest BCUT2D eigenvalue weighted by atomic mass is 16.3. The molecule has 116 valence electrons. The molecule has 3 rings (SSSR count). The molecule has 0 saturated carbocycles. The minimum absolute atomic E-state index is 0.222. The van der Waals surface area contributed by atoms with Crippen LogP contribution in [0.5, 0.6) is 5.75 Å². The fourth-order valence-electron chi connectivity index (χ4n) is 2.82. The van der Waals surface area contributed by atoms with Gasteiger partial charge in [-0.2, -0.15) is 10.2 Å². The van der Waals surface area contributed by atoms with Crippen molar-refractivity contribution in [2.75, 3.05) is 11.4 Å². The van der Waals surface area contributed by atoms with E-state index in [4.69, 9.17) is 0 Å². The first kappa shape index (κ1) is 15.0. The average molecular weight is 305 g/mol. The van der Waals surface area contributed by atoms with Crippen LogP contribution < -0.4 is 4.90 Å². The molecule has 0 spiro atoms. The predicted molar refractivity (Wildman–Crippen MR) is 93.1 cm³/mol. The van der Waals surface area contributed by atoms with E-state index in [1.807, 2.05) is 12.1 Å². The molecule has 4 nitrogen and oxygen atoms in total. The van der Waals surface area contributed by atoms with E-state index in [0.717, 1.165) is 12.2 Å². The van der Waals surface area contributed by atoms with Gasteiger partial charge in [0, 0.05) is 23.8 Å². The van der Waals surface area contributed by atoms with Crippen LogP contribution in [-0.4, -0.2) is 11.7 Å². The number of aromatic hydroxyl groups is 1. The van der Waals surface area contributed by atoms with Gasteiger partial charge in [0.2, 0.25) is 0 Å². The first-order valence-corrected chi connectivity index (χ1v) is 7.58. The maximum absolute atomic E-state index is 9.28. The molecule has 0 amide bonds. The molecule has 1 unspecified atom stereocenters. The van der Waals surface area contributed by atoms with Crippen LogP contribution in [0.4, 0.5) is 11.4 Å². The molecule has 1 N–H and O–H groups in total. The smallest absolute Gasteiger partial charge is 0.115 e. The van der Waals surface area contributed by atoms with Crippen LogP contribution in [-0.2, 0) is 0 Å². The Labute approximate surface area is 136 Å². The van der Waals surface area contributed by atoms with E-state index in [1.54, 1.807) is 30.5 Å². The Kier molecular flexibility index (Phi) is 4.24. The van der Waals surface area contributed by atoms with E-state index in [0.29, 0.717) is 5.69 Å². The van der Waals surface area contributed by atoms with Gasteiger partial charge in [-0.05, 0) is 35.9 Å². The number of anilines is 1. The predicted octanol–water partition coefficient (Wildman–Crippen LogP) is 5.13. The van der Waals surface area contributed by atoms with Crippen LogP contribution in [0, 0.1) is 0 Å². The number of fused-ring (bicyclic) bond motifs is 1. The van der Waals surface area contributed by atoms with Gasteiger partial charge in [-0.3, -0.25) is 0 Å². The first-order valence-electron chi connectivity index (χ1n) is 7.58. The fraction of sp³-hybridized carbons (Fsp3) is 0.158. The third kappa shape index (κ3) is 3.01. The molecule has 0 bridgehead atoms. The largest absolute Gasteiger partial charge is 0.508 e. The summed E-state index contributed by atoms with van der Waals surface area (Å²) >= 11 is 0. The summed E-state index contributed by atoms with van der Waals surface area (Å²) in [5.41, 5.74) is 4.30. The molecule has 1 atom stereocenters. The first-order chi connectivity index (χ1) is 11.2. The summed E-state index contributed by atoms with van der Waals surface area (Å²) in [6.07, 6.45) is 3.70. The van der Waals surface area contributed by atoms with Crippen LogP contribution in [0.3, 0.4) is 0 Å². The molecule has 4 heteroatoms. The highest BCUT2D eigenvalue weighted by Crippen LogP contribution is 2.42. The molecule has 0 aromatic heterocycles. The molecule has 1 heterocycles. The van der Waals surface area contributed by atoms with Crippen LogP contribution in [0.15, 0.2) is 83.3 Å². The van der Waals surface area contributed by atoms with Crippen molar-refractivity contribution < 1.29 is 5.11 Å². The molecule has 0 aliphatic carbocycles. The van der Waals surface area contributed by atoms with Crippen molar-refractivity contribution in [2.24, 2.45) is 10.2 Å². The quantitative estimate of drug-likeness (QED) is 0.629. The summed E-state index contributed by atoms with van der Waals surface area (Å²) in [7, 11) is 0. The second kappa shape index (κ2) is 6.48. The molecule has 0 radical (unpaired) electrons. The lowest BCUT2D eigenvalue weighted by atomic mass is 10.0. The minimum atomic E-state index is 0.222. The number of nitrogens with zero attached hydrogens (tertiary/aromatic N) is 3. The van der Waals surface area contributed by atoms with E-state index in [9.17, 15) is 5.11 Å². The number of allylic oxidation sites excluding steroid dienone is 1. The number of phenolic OH excluding ortho intramolecular Hbond substituents is 1. The van der Waals surface area contributed by atoms with E-state index < -0.39 is 0 Å². The molecule has 1 aliphatic rings. The number of rotatable bonds is 4. The van der Waals surface area contributed by atoms with Gasteiger partial charge in [0.1, 0.15) is 5.75 Å². The normalized spacial score (nSPS) is 18.6. The second-order valence-corrected chi connectivity index (χ2v) is 5.47. The average Bonchev–Trinajstić information content (AvgIpc) is 2.83. The number of azo groups is 1. The Hall–Kier alpha value is -2.88. The van der Waals surface area contributed by atoms with Gasteiger partial charge < -0.3 is 10.0 Å². The number of para-hydroxylation sites is 1. The van der Waals surface area contributed by atoms with Gasteiger partial charge in [0.25, 0.3) is 0 Å². The van der Waals surface area contributed by atoms with Crippen molar-refractivity contribution in [3.63, 3.8) is 0 Å². The highest BCUT2D eigenvalue weighted by Gasteiger charge is 2.29. The molecule has 0 fully saturated rings. The zero-order valence-corrected chi connectivity index (χ0v) is 13.1. The summed E-state index contributed by atoms with van der Waals surface area (Å²) in [5, 5.41) is 17.7. The van der Waals surface area contributed by atoms with E-state index in [-0.39, 0.29) is 11.7 Å². The van der Waals surface area contributed by atoms with Crippen molar-refractivity contribution in [2.45, 2.75) is 12.8 Å². The number of hydrogen-bond acceptors (Lipinski definition) is 4. The SMILES string of the molecule is C=CCN1/C(=C/N=Nc2ccc(O)cc2)C(C)c2ccccc21. The van der Waals surface area contributed by atoms with Gasteiger partial charge in [-0.1, -0.05) is 31.2 Å². The summed E-state index contributed by atoms with van der Waals surface area (Å²) in [4.78, 5) is 2.21. The van der Waals surface area contributed by atoms with E-state index >= 15 is 0 Å². The molecular weight excluding hydrogens is 286 g/mol. The van der Waals surface area contributed by atoms with Gasteiger partial charge in [0.05, 0.1) is 11.9 Å². The van der Waals surface area contributed by atoms with Crippen molar-refractivity contribution in [1.29, 1.82) is 0 Å². The molecule has 0 saturated heterocycles. The zero-order valence-electron chi connectivity index (χ0n) is 13.1. The lowest BCUT2D eigenvalue weighted by molar-refractivity contribution is 0.475. The summed E-state index contributed by atoms with van der Waals surface area (Å²) < 4.78 is 0. The Balaban J connectivity index is 1.88. The lowest BCUT2D eigenvalue weighted by Gasteiger charge is -2.19. The zero-order chi connectivity index (χ0) is 16.2. The summed E-state index contributed by atoms with van der Waals surface area (Å²) in [6.45, 7) is 6.75. The monoisotopic (exact) mass is 305 g/mol. The third-order valence-electron chi connectivity index (χ3n) is 3.97. The van der Waals surface area contributed by atoms with Crippen LogP contribution in [0.2, 0.25) is 0 Å². The fourth-order valence-corrected chi connectivity index (χ4v) is 2.82. The summed E-state index contributed by atoms with van der Waals surface area (Å²) in [6, 6.07) is 15.0.